The zero-order valence-electron chi connectivity index (χ0n) is 7.92. The summed E-state index contributed by atoms with van der Waals surface area (Å²) in [6.45, 7) is 1.86. The summed E-state index contributed by atoms with van der Waals surface area (Å²) < 4.78 is 11.7. The molecule has 0 saturated carbocycles. The van der Waals surface area contributed by atoms with Gasteiger partial charge < -0.3 is 14.8 Å². The van der Waals surface area contributed by atoms with Crippen LogP contribution in [-0.2, 0) is 0 Å². The normalized spacial score (nSPS) is 16.1. The minimum atomic E-state index is 0.305. The number of benzene rings is 1. The van der Waals surface area contributed by atoms with Crippen molar-refractivity contribution in [1.82, 2.24) is 5.32 Å². The highest BCUT2D eigenvalue weighted by molar-refractivity contribution is 9.10. The third-order valence-electron chi connectivity index (χ3n) is 2.18. The molecule has 1 aliphatic rings. The van der Waals surface area contributed by atoms with Gasteiger partial charge in [0.05, 0.1) is 11.6 Å². The number of nitrogens with one attached hydrogen (secondary N) is 1. The molecule has 1 N–H and O–H groups in total. The van der Waals surface area contributed by atoms with Crippen molar-refractivity contribution < 1.29 is 9.47 Å². The van der Waals surface area contributed by atoms with Crippen molar-refractivity contribution in [3.63, 3.8) is 0 Å². The molecule has 14 heavy (non-hydrogen) atoms. The lowest BCUT2D eigenvalue weighted by atomic mass is 10.2. The van der Waals surface area contributed by atoms with Crippen LogP contribution in [0.3, 0.4) is 0 Å². The molecule has 76 valence electrons. The Kier molecular flexibility index (Phi) is 2.93. The Morgan fingerprint density at radius 1 is 1.43 bits per heavy atom. The van der Waals surface area contributed by atoms with E-state index in [1.807, 2.05) is 18.2 Å². The molecular formula is C10H12BrNO2. The van der Waals surface area contributed by atoms with E-state index >= 15 is 0 Å². The first-order valence-electron chi connectivity index (χ1n) is 4.50. The van der Waals surface area contributed by atoms with Crippen molar-refractivity contribution in [2.75, 3.05) is 20.2 Å². The first-order valence-corrected chi connectivity index (χ1v) is 5.30. The van der Waals surface area contributed by atoms with Crippen LogP contribution < -0.4 is 14.8 Å². The summed E-state index contributed by atoms with van der Waals surface area (Å²) in [4.78, 5) is 0. The summed E-state index contributed by atoms with van der Waals surface area (Å²) >= 11 is 3.44. The fraction of sp³-hybridized carbons (Fsp3) is 0.400. The van der Waals surface area contributed by atoms with Crippen molar-refractivity contribution in [2.45, 2.75) is 6.10 Å². The van der Waals surface area contributed by atoms with Crippen LogP contribution in [0.15, 0.2) is 22.7 Å². The van der Waals surface area contributed by atoms with Gasteiger partial charge in [0.15, 0.2) is 0 Å². The average Bonchev–Trinajstić information content (AvgIpc) is 2.13. The van der Waals surface area contributed by atoms with Crippen molar-refractivity contribution in [2.24, 2.45) is 0 Å². The third kappa shape index (κ3) is 2.01. The second kappa shape index (κ2) is 4.19. The lowest BCUT2D eigenvalue weighted by Gasteiger charge is -2.28. The van der Waals surface area contributed by atoms with Gasteiger partial charge in [-0.15, -0.1) is 0 Å². The molecule has 0 unspecified atom stereocenters. The van der Waals surface area contributed by atoms with Gasteiger partial charge >= 0.3 is 0 Å². The van der Waals surface area contributed by atoms with Gasteiger partial charge in [-0.25, -0.2) is 0 Å². The lowest BCUT2D eigenvalue weighted by molar-refractivity contribution is 0.141. The monoisotopic (exact) mass is 257 g/mol. The summed E-state index contributed by atoms with van der Waals surface area (Å²) in [6, 6.07) is 5.72. The Balaban J connectivity index is 2.09. The smallest absolute Gasteiger partial charge is 0.134 e. The van der Waals surface area contributed by atoms with Crippen molar-refractivity contribution in [3.8, 4) is 11.5 Å². The van der Waals surface area contributed by atoms with E-state index < -0.39 is 0 Å². The molecule has 1 aromatic rings. The molecule has 1 fully saturated rings. The van der Waals surface area contributed by atoms with Crippen molar-refractivity contribution in [1.29, 1.82) is 0 Å². The molecule has 0 radical (unpaired) electrons. The first-order chi connectivity index (χ1) is 6.79. The van der Waals surface area contributed by atoms with Crippen LogP contribution in [0.1, 0.15) is 0 Å². The zero-order chi connectivity index (χ0) is 9.97. The van der Waals surface area contributed by atoms with E-state index in [0.29, 0.717) is 6.10 Å². The number of hydrogen-bond acceptors (Lipinski definition) is 3. The van der Waals surface area contributed by atoms with Gasteiger partial charge in [0.25, 0.3) is 0 Å². The molecule has 0 aliphatic carbocycles. The van der Waals surface area contributed by atoms with E-state index in [9.17, 15) is 0 Å². The van der Waals surface area contributed by atoms with Crippen LogP contribution in [0.4, 0.5) is 0 Å². The Morgan fingerprint density at radius 2 is 2.21 bits per heavy atom. The average molecular weight is 258 g/mol. The molecule has 4 heteroatoms. The van der Waals surface area contributed by atoms with E-state index in [2.05, 4.69) is 21.2 Å². The molecule has 0 atom stereocenters. The maximum atomic E-state index is 5.72. The molecule has 0 aromatic heterocycles. The maximum absolute atomic E-state index is 5.72. The molecule has 0 spiro atoms. The molecule has 1 aromatic carbocycles. The van der Waals surface area contributed by atoms with Crippen LogP contribution in [0.25, 0.3) is 0 Å². The molecular weight excluding hydrogens is 246 g/mol. The third-order valence-corrected chi connectivity index (χ3v) is 2.80. The standard InChI is InChI=1S/C10H12BrNO2/c1-13-7-2-3-10(9(11)4-7)14-8-5-12-6-8/h2-4,8,12H,5-6H2,1H3. The predicted molar refractivity (Wildman–Crippen MR) is 58.0 cm³/mol. The fourth-order valence-corrected chi connectivity index (χ4v) is 1.68. The molecule has 0 amide bonds. The highest BCUT2D eigenvalue weighted by atomic mass is 79.9. The summed E-state index contributed by atoms with van der Waals surface area (Å²) in [5.74, 6) is 1.70. The number of hydrogen-bond donors (Lipinski definition) is 1. The highest BCUT2D eigenvalue weighted by Gasteiger charge is 2.19. The summed E-state index contributed by atoms with van der Waals surface area (Å²) in [6.07, 6.45) is 0.305. The number of ether oxygens (including phenoxy) is 2. The van der Waals surface area contributed by atoms with Gasteiger partial charge in [0.1, 0.15) is 17.6 Å². The SMILES string of the molecule is COc1ccc(OC2CNC2)c(Br)c1. The Morgan fingerprint density at radius 3 is 2.71 bits per heavy atom. The largest absolute Gasteiger partial charge is 0.497 e. The van der Waals surface area contributed by atoms with Crippen LogP contribution in [0.2, 0.25) is 0 Å². The van der Waals surface area contributed by atoms with Crippen LogP contribution >= 0.6 is 15.9 Å². The van der Waals surface area contributed by atoms with Crippen LogP contribution in [0.5, 0.6) is 11.5 Å². The van der Waals surface area contributed by atoms with Gasteiger partial charge in [-0.3, -0.25) is 0 Å². The molecule has 1 heterocycles. The fourth-order valence-electron chi connectivity index (χ4n) is 1.23. The van der Waals surface area contributed by atoms with Gasteiger partial charge in [-0.1, -0.05) is 0 Å². The molecule has 3 nitrogen and oxygen atoms in total. The second-order valence-electron chi connectivity index (χ2n) is 3.19. The highest BCUT2D eigenvalue weighted by Crippen LogP contribution is 2.30. The minimum absolute atomic E-state index is 0.305. The molecule has 0 bridgehead atoms. The van der Waals surface area contributed by atoms with E-state index in [4.69, 9.17) is 9.47 Å². The summed E-state index contributed by atoms with van der Waals surface area (Å²) in [7, 11) is 1.65. The Labute approximate surface area is 91.5 Å². The summed E-state index contributed by atoms with van der Waals surface area (Å²) in [5.41, 5.74) is 0. The molecule has 1 saturated heterocycles. The van der Waals surface area contributed by atoms with Gasteiger partial charge in [-0.2, -0.15) is 0 Å². The van der Waals surface area contributed by atoms with Crippen molar-refractivity contribution >= 4 is 15.9 Å². The van der Waals surface area contributed by atoms with E-state index in [1.165, 1.54) is 0 Å². The first kappa shape index (κ1) is 9.80. The second-order valence-corrected chi connectivity index (χ2v) is 4.05. The molecule has 1 aliphatic heterocycles. The predicted octanol–water partition coefficient (Wildman–Crippen LogP) is 1.81. The van der Waals surface area contributed by atoms with Crippen LogP contribution in [0, 0.1) is 0 Å². The lowest BCUT2D eigenvalue weighted by Crippen LogP contribution is -2.50. The minimum Gasteiger partial charge on any atom is -0.497 e. The molecule has 2 rings (SSSR count). The number of halogens is 1. The zero-order valence-corrected chi connectivity index (χ0v) is 9.50. The summed E-state index contributed by atoms with van der Waals surface area (Å²) in [5, 5.41) is 3.16. The quantitative estimate of drug-likeness (QED) is 0.896. The number of rotatable bonds is 3. The van der Waals surface area contributed by atoms with Crippen molar-refractivity contribution in [3.05, 3.63) is 22.7 Å². The topological polar surface area (TPSA) is 30.5 Å². The van der Waals surface area contributed by atoms with Gasteiger partial charge in [0, 0.05) is 13.1 Å². The van der Waals surface area contributed by atoms with Crippen LogP contribution in [-0.4, -0.2) is 26.3 Å². The van der Waals surface area contributed by atoms with Gasteiger partial charge in [0.2, 0.25) is 0 Å². The van der Waals surface area contributed by atoms with E-state index in [1.54, 1.807) is 7.11 Å². The Hall–Kier alpha value is -0.740. The van der Waals surface area contributed by atoms with Gasteiger partial charge in [-0.05, 0) is 34.1 Å². The Bertz CT molecular complexity index is 326. The van der Waals surface area contributed by atoms with E-state index in [0.717, 1.165) is 29.1 Å². The van der Waals surface area contributed by atoms with E-state index in [-0.39, 0.29) is 0 Å². The maximum Gasteiger partial charge on any atom is 0.134 e. The number of methoxy groups -OCH3 is 1.